The summed E-state index contributed by atoms with van der Waals surface area (Å²) in [5.74, 6) is -0.205. The molecule has 2 aromatic rings. The molecule has 122 valence electrons. The molecular weight excluding hydrogens is 294 g/mol. The third-order valence-corrected chi connectivity index (χ3v) is 4.30. The van der Waals surface area contributed by atoms with E-state index < -0.39 is 0 Å². The number of amides is 1. The van der Waals surface area contributed by atoms with E-state index in [9.17, 15) is 9.59 Å². The van der Waals surface area contributed by atoms with Gasteiger partial charge in [-0.25, -0.2) is 0 Å². The third-order valence-electron chi connectivity index (χ3n) is 4.30. The number of likely N-dealkylation sites (tertiary alicyclic amines) is 1. The number of methoxy groups -OCH3 is 1. The average molecular weight is 315 g/mol. The summed E-state index contributed by atoms with van der Waals surface area (Å²) in [4.78, 5) is 27.2. The number of anilines is 1. The predicted octanol–water partition coefficient (Wildman–Crippen LogP) is 1.47. The van der Waals surface area contributed by atoms with Crippen molar-refractivity contribution >= 4 is 22.5 Å². The van der Waals surface area contributed by atoms with Crippen LogP contribution in [0.3, 0.4) is 0 Å². The van der Waals surface area contributed by atoms with E-state index in [1.165, 1.54) is 0 Å². The highest BCUT2D eigenvalue weighted by atomic mass is 16.5. The number of nitrogens with zero attached hydrogens (tertiary/aromatic N) is 2. The summed E-state index contributed by atoms with van der Waals surface area (Å²) in [7, 11) is 1.62. The first-order valence-corrected chi connectivity index (χ1v) is 7.83. The summed E-state index contributed by atoms with van der Waals surface area (Å²) in [6, 6.07) is 5.34. The molecule has 0 bridgehead atoms. The van der Waals surface area contributed by atoms with E-state index in [1.54, 1.807) is 24.3 Å². The lowest BCUT2D eigenvalue weighted by molar-refractivity contribution is 0.0790. The molecule has 1 saturated heterocycles. The van der Waals surface area contributed by atoms with Crippen LogP contribution in [0.15, 0.2) is 29.2 Å². The van der Waals surface area contributed by atoms with Crippen molar-refractivity contribution in [1.29, 1.82) is 0 Å². The zero-order valence-electron chi connectivity index (χ0n) is 13.2. The molecule has 1 fully saturated rings. The molecular formula is C17H21N3O3. The second-order valence-corrected chi connectivity index (χ2v) is 5.80. The van der Waals surface area contributed by atoms with Gasteiger partial charge in [0.1, 0.15) is 5.56 Å². The number of benzene rings is 1. The van der Waals surface area contributed by atoms with Gasteiger partial charge in [0.15, 0.2) is 0 Å². The van der Waals surface area contributed by atoms with Crippen molar-refractivity contribution in [2.24, 2.45) is 0 Å². The summed E-state index contributed by atoms with van der Waals surface area (Å²) in [5, 5.41) is 0.411. The van der Waals surface area contributed by atoms with E-state index in [0.29, 0.717) is 37.3 Å². The minimum atomic E-state index is -0.288. The number of hydrogen-bond donors (Lipinski definition) is 1. The first-order chi connectivity index (χ1) is 11.1. The van der Waals surface area contributed by atoms with Gasteiger partial charge in [-0.3, -0.25) is 9.59 Å². The number of pyridine rings is 1. The highest BCUT2D eigenvalue weighted by Crippen LogP contribution is 2.20. The Bertz CT molecular complexity index is 792. The Morgan fingerprint density at radius 3 is 2.74 bits per heavy atom. The van der Waals surface area contributed by atoms with Crippen molar-refractivity contribution in [2.45, 2.75) is 19.4 Å². The standard InChI is InChI=1S/C17H21N3O3/c1-23-10-9-20-11-12(17(22)19-7-2-3-8-19)16(21)15-13(18)5-4-6-14(15)20/h4-6,11H,2-3,7-10,18H2,1H3. The molecule has 0 saturated carbocycles. The number of hydrogen-bond acceptors (Lipinski definition) is 4. The molecule has 0 aliphatic carbocycles. The van der Waals surface area contributed by atoms with Crippen molar-refractivity contribution in [1.82, 2.24) is 9.47 Å². The summed E-state index contributed by atoms with van der Waals surface area (Å²) in [6.07, 6.45) is 3.61. The fourth-order valence-electron chi connectivity index (χ4n) is 3.08. The van der Waals surface area contributed by atoms with Crippen molar-refractivity contribution in [3.05, 3.63) is 40.2 Å². The maximum atomic E-state index is 12.8. The van der Waals surface area contributed by atoms with Crippen molar-refractivity contribution < 1.29 is 9.53 Å². The van der Waals surface area contributed by atoms with Crippen molar-refractivity contribution in [2.75, 3.05) is 32.5 Å². The first-order valence-electron chi connectivity index (χ1n) is 7.83. The van der Waals surface area contributed by atoms with Gasteiger partial charge in [0.2, 0.25) is 5.43 Å². The molecule has 0 spiro atoms. The van der Waals surface area contributed by atoms with Gasteiger partial charge in [0.25, 0.3) is 5.91 Å². The highest BCUT2D eigenvalue weighted by Gasteiger charge is 2.24. The summed E-state index contributed by atoms with van der Waals surface area (Å²) in [6.45, 7) is 2.46. The van der Waals surface area contributed by atoms with Gasteiger partial charge in [0.05, 0.1) is 17.5 Å². The molecule has 1 aromatic carbocycles. The number of rotatable bonds is 4. The molecule has 0 atom stereocenters. The quantitative estimate of drug-likeness (QED) is 0.867. The fourth-order valence-corrected chi connectivity index (χ4v) is 3.08. The van der Waals surface area contributed by atoms with Crippen LogP contribution >= 0.6 is 0 Å². The Morgan fingerprint density at radius 2 is 2.04 bits per heavy atom. The zero-order valence-corrected chi connectivity index (χ0v) is 13.2. The number of nitrogen functional groups attached to an aromatic ring is 1. The average Bonchev–Trinajstić information content (AvgIpc) is 3.08. The SMILES string of the molecule is COCCn1cc(C(=O)N2CCCC2)c(=O)c2c(N)cccc21. The molecule has 1 amide bonds. The van der Waals surface area contributed by atoms with Gasteiger partial charge in [-0.15, -0.1) is 0 Å². The molecule has 6 nitrogen and oxygen atoms in total. The molecule has 2 N–H and O–H groups in total. The van der Waals surface area contributed by atoms with Gasteiger partial charge in [-0.2, -0.15) is 0 Å². The van der Waals surface area contributed by atoms with Crippen LogP contribution in [0, 0.1) is 0 Å². The number of aromatic nitrogens is 1. The maximum absolute atomic E-state index is 12.8. The zero-order chi connectivity index (χ0) is 16.4. The van der Waals surface area contributed by atoms with E-state index in [4.69, 9.17) is 10.5 Å². The number of carbonyl (C=O) groups excluding carboxylic acids is 1. The van der Waals surface area contributed by atoms with Gasteiger partial charge < -0.3 is 19.9 Å². The molecule has 23 heavy (non-hydrogen) atoms. The van der Waals surface area contributed by atoms with E-state index in [-0.39, 0.29) is 16.9 Å². The van der Waals surface area contributed by atoms with E-state index in [2.05, 4.69) is 0 Å². The molecule has 2 heterocycles. The molecule has 1 aromatic heterocycles. The Kier molecular flexibility index (Phi) is 4.34. The minimum Gasteiger partial charge on any atom is -0.398 e. The van der Waals surface area contributed by atoms with Crippen LogP contribution in [-0.4, -0.2) is 42.2 Å². The van der Waals surface area contributed by atoms with Crippen LogP contribution in [0.2, 0.25) is 0 Å². The topological polar surface area (TPSA) is 77.6 Å². The first kappa shape index (κ1) is 15.6. The molecule has 1 aliphatic heterocycles. The Labute approximate surface area is 134 Å². The number of fused-ring (bicyclic) bond motifs is 1. The summed E-state index contributed by atoms with van der Waals surface area (Å²) < 4.78 is 7.00. The molecule has 6 heteroatoms. The summed E-state index contributed by atoms with van der Waals surface area (Å²) in [5.41, 5.74) is 7.03. The Morgan fingerprint density at radius 1 is 1.30 bits per heavy atom. The second kappa shape index (κ2) is 6.42. The molecule has 0 radical (unpaired) electrons. The van der Waals surface area contributed by atoms with E-state index in [0.717, 1.165) is 18.4 Å². The van der Waals surface area contributed by atoms with Crippen LogP contribution in [0.25, 0.3) is 10.9 Å². The molecule has 1 aliphatic rings. The third kappa shape index (κ3) is 2.82. The largest absolute Gasteiger partial charge is 0.398 e. The normalized spacial score (nSPS) is 14.6. The van der Waals surface area contributed by atoms with Crippen LogP contribution in [0.4, 0.5) is 5.69 Å². The van der Waals surface area contributed by atoms with Crippen molar-refractivity contribution in [3.63, 3.8) is 0 Å². The van der Waals surface area contributed by atoms with Crippen LogP contribution in [0.5, 0.6) is 0 Å². The lowest BCUT2D eigenvalue weighted by atomic mass is 10.1. The fraction of sp³-hybridized carbons (Fsp3) is 0.412. The van der Waals surface area contributed by atoms with E-state index in [1.807, 2.05) is 16.7 Å². The second-order valence-electron chi connectivity index (χ2n) is 5.80. The maximum Gasteiger partial charge on any atom is 0.259 e. The lowest BCUT2D eigenvalue weighted by Gasteiger charge is -2.18. The van der Waals surface area contributed by atoms with Crippen LogP contribution < -0.4 is 11.2 Å². The van der Waals surface area contributed by atoms with Gasteiger partial charge in [-0.05, 0) is 25.0 Å². The molecule has 0 unspecified atom stereocenters. The number of ether oxygens (including phenoxy) is 1. The monoisotopic (exact) mass is 315 g/mol. The predicted molar refractivity (Wildman–Crippen MR) is 89.6 cm³/mol. The van der Waals surface area contributed by atoms with Crippen LogP contribution in [-0.2, 0) is 11.3 Å². The van der Waals surface area contributed by atoms with E-state index >= 15 is 0 Å². The van der Waals surface area contributed by atoms with Gasteiger partial charge in [0, 0.05) is 38.6 Å². The smallest absolute Gasteiger partial charge is 0.259 e. The van der Waals surface area contributed by atoms with Crippen LogP contribution in [0.1, 0.15) is 23.2 Å². The lowest BCUT2D eigenvalue weighted by Crippen LogP contribution is -2.33. The number of nitrogens with two attached hydrogens (primary N) is 1. The minimum absolute atomic E-state index is 0.188. The van der Waals surface area contributed by atoms with Gasteiger partial charge in [-0.1, -0.05) is 6.07 Å². The van der Waals surface area contributed by atoms with Crippen molar-refractivity contribution in [3.8, 4) is 0 Å². The Balaban J connectivity index is 2.17. The Hall–Kier alpha value is -2.34. The highest BCUT2D eigenvalue weighted by molar-refractivity contribution is 6.00. The van der Waals surface area contributed by atoms with Gasteiger partial charge >= 0.3 is 0 Å². The number of carbonyl (C=O) groups is 1. The molecule has 3 rings (SSSR count). The summed E-state index contributed by atoms with van der Waals surface area (Å²) >= 11 is 0.